The molecule has 1 aromatic heterocycles. The molecule has 0 saturated carbocycles. The molecule has 2 aromatic carbocycles. The SMILES string of the molecule is CCOc1ccccc1NC(=O)CCc1ncc(-c2ccc(OC)cc2OC)o1. The number of benzene rings is 2. The molecule has 3 rings (SSSR count). The summed E-state index contributed by atoms with van der Waals surface area (Å²) in [5.41, 5.74) is 1.41. The molecule has 0 unspecified atom stereocenters. The van der Waals surface area contributed by atoms with Gasteiger partial charge >= 0.3 is 0 Å². The van der Waals surface area contributed by atoms with Crippen molar-refractivity contribution in [3.63, 3.8) is 0 Å². The van der Waals surface area contributed by atoms with Crippen molar-refractivity contribution < 1.29 is 23.4 Å². The van der Waals surface area contributed by atoms with Gasteiger partial charge in [0.1, 0.15) is 17.2 Å². The molecule has 3 aromatic rings. The van der Waals surface area contributed by atoms with Gasteiger partial charge in [0, 0.05) is 18.9 Å². The standard InChI is InChI=1S/C22H24N2O5/c1-4-28-18-8-6-5-7-17(18)24-21(25)11-12-22-23-14-20(29-22)16-10-9-15(26-2)13-19(16)27-3/h5-10,13-14H,4,11-12H2,1-3H3,(H,24,25). The van der Waals surface area contributed by atoms with Crippen molar-refractivity contribution in [2.24, 2.45) is 0 Å². The molecule has 7 nitrogen and oxygen atoms in total. The van der Waals surface area contributed by atoms with Gasteiger partial charge in [-0.05, 0) is 31.2 Å². The summed E-state index contributed by atoms with van der Waals surface area (Å²) in [7, 11) is 3.18. The highest BCUT2D eigenvalue weighted by Crippen LogP contribution is 2.33. The first-order chi connectivity index (χ1) is 14.1. The Hall–Kier alpha value is -3.48. The number of amides is 1. The lowest BCUT2D eigenvalue weighted by molar-refractivity contribution is -0.116. The number of para-hydroxylation sites is 2. The van der Waals surface area contributed by atoms with Crippen molar-refractivity contribution in [2.75, 3.05) is 26.1 Å². The summed E-state index contributed by atoms with van der Waals surface area (Å²) in [6.07, 6.45) is 2.24. The van der Waals surface area contributed by atoms with Gasteiger partial charge in [0.25, 0.3) is 0 Å². The Kier molecular flexibility index (Phi) is 6.73. The Morgan fingerprint density at radius 1 is 1.10 bits per heavy atom. The summed E-state index contributed by atoms with van der Waals surface area (Å²) in [6, 6.07) is 12.8. The first kappa shape index (κ1) is 20.3. The van der Waals surface area contributed by atoms with Crippen LogP contribution in [0.5, 0.6) is 17.2 Å². The van der Waals surface area contributed by atoms with E-state index in [1.165, 1.54) is 0 Å². The van der Waals surface area contributed by atoms with E-state index in [1.54, 1.807) is 26.5 Å². The highest BCUT2D eigenvalue weighted by Gasteiger charge is 2.14. The van der Waals surface area contributed by atoms with Crippen LogP contribution in [0.4, 0.5) is 5.69 Å². The molecule has 1 amide bonds. The van der Waals surface area contributed by atoms with Crippen LogP contribution in [0.1, 0.15) is 19.2 Å². The molecule has 0 aliphatic heterocycles. The topological polar surface area (TPSA) is 82.8 Å². The summed E-state index contributed by atoms with van der Waals surface area (Å²) < 4.78 is 22.0. The maximum absolute atomic E-state index is 12.3. The number of nitrogens with one attached hydrogen (secondary N) is 1. The van der Waals surface area contributed by atoms with E-state index in [2.05, 4.69) is 10.3 Å². The predicted octanol–water partition coefficient (Wildman–Crippen LogP) is 4.33. The van der Waals surface area contributed by atoms with Crippen LogP contribution in [0.3, 0.4) is 0 Å². The molecule has 7 heteroatoms. The summed E-state index contributed by atoms with van der Waals surface area (Å²) in [5, 5.41) is 2.87. The Morgan fingerprint density at radius 3 is 2.69 bits per heavy atom. The van der Waals surface area contributed by atoms with Crippen LogP contribution in [0, 0.1) is 0 Å². The minimum atomic E-state index is -0.140. The summed E-state index contributed by atoms with van der Waals surface area (Å²) in [6.45, 7) is 2.43. The van der Waals surface area contributed by atoms with Gasteiger partial charge in [-0.2, -0.15) is 0 Å². The van der Waals surface area contributed by atoms with Gasteiger partial charge in [-0.25, -0.2) is 4.98 Å². The van der Waals surface area contributed by atoms with Crippen molar-refractivity contribution in [2.45, 2.75) is 19.8 Å². The highest BCUT2D eigenvalue weighted by atomic mass is 16.5. The van der Waals surface area contributed by atoms with E-state index in [9.17, 15) is 4.79 Å². The lowest BCUT2D eigenvalue weighted by atomic mass is 10.1. The van der Waals surface area contributed by atoms with Crippen molar-refractivity contribution in [1.29, 1.82) is 0 Å². The predicted molar refractivity (Wildman–Crippen MR) is 110 cm³/mol. The minimum Gasteiger partial charge on any atom is -0.497 e. The normalized spacial score (nSPS) is 10.4. The van der Waals surface area contributed by atoms with Gasteiger partial charge in [-0.3, -0.25) is 4.79 Å². The van der Waals surface area contributed by atoms with E-state index < -0.39 is 0 Å². The fourth-order valence-electron chi connectivity index (χ4n) is 2.84. The van der Waals surface area contributed by atoms with Crippen LogP contribution in [-0.4, -0.2) is 31.7 Å². The van der Waals surface area contributed by atoms with E-state index >= 15 is 0 Å². The zero-order chi connectivity index (χ0) is 20.6. The molecular weight excluding hydrogens is 372 g/mol. The van der Waals surface area contributed by atoms with Crippen molar-refractivity contribution in [3.8, 4) is 28.6 Å². The number of hydrogen-bond acceptors (Lipinski definition) is 6. The number of carbonyl (C=O) groups excluding carboxylic acids is 1. The monoisotopic (exact) mass is 396 g/mol. The molecule has 1 N–H and O–H groups in total. The molecule has 0 radical (unpaired) electrons. The second-order valence-electron chi connectivity index (χ2n) is 6.16. The zero-order valence-corrected chi connectivity index (χ0v) is 16.7. The minimum absolute atomic E-state index is 0.140. The van der Waals surface area contributed by atoms with Gasteiger partial charge in [0.2, 0.25) is 5.91 Å². The van der Waals surface area contributed by atoms with E-state index in [4.69, 9.17) is 18.6 Å². The zero-order valence-electron chi connectivity index (χ0n) is 16.7. The van der Waals surface area contributed by atoms with E-state index in [1.807, 2.05) is 43.3 Å². The van der Waals surface area contributed by atoms with Crippen LogP contribution >= 0.6 is 0 Å². The van der Waals surface area contributed by atoms with Gasteiger partial charge in [-0.1, -0.05) is 12.1 Å². The van der Waals surface area contributed by atoms with Crippen molar-refractivity contribution >= 4 is 11.6 Å². The number of nitrogens with zero attached hydrogens (tertiary/aromatic N) is 1. The molecule has 152 valence electrons. The summed E-state index contributed by atoms with van der Waals surface area (Å²) in [4.78, 5) is 16.6. The molecular formula is C22H24N2O5. The average Bonchev–Trinajstić information content (AvgIpc) is 3.22. The summed E-state index contributed by atoms with van der Waals surface area (Å²) >= 11 is 0. The van der Waals surface area contributed by atoms with Crippen LogP contribution in [-0.2, 0) is 11.2 Å². The summed E-state index contributed by atoms with van der Waals surface area (Å²) in [5.74, 6) is 2.87. The second kappa shape index (κ2) is 9.64. The first-order valence-corrected chi connectivity index (χ1v) is 9.33. The molecule has 0 spiro atoms. The van der Waals surface area contributed by atoms with Crippen LogP contribution in [0.2, 0.25) is 0 Å². The van der Waals surface area contributed by atoms with E-state index in [-0.39, 0.29) is 12.3 Å². The molecule has 0 aliphatic carbocycles. The quantitative estimate of drug-likeness (QED) is 0.580. The Labute approximate surface area is 169 Å². The van der Waals surface area contributed by atoms with Gasteiger partial charge in [-0.15, -0.1) is 0 Å². The maximum Gasteiger partial charge on any atom is 0.224 e. The molecule has 0 saturated heterocycles. The number of oxazole rings is 1. The van der Waals surface area contributed by atoms with Crippen molar-refractivity contribution in [1.82, 2.24) is 4.98 Å². The molecule has 0 aliphatic rings. The third-order valence-electron chi connectivity index (χ3n) is 4.25. The molecule has 0 atom stereocenters. The third kappa shape index (κ3) is 5.07. The number of rotatable bonds is 9. The largest absolute Gasteiger partial charge is 0.497 e. The lowest BCUT2D eigenvalue weighted by Crippen LogP contribution is -2.13. The Balaban J connectivity index is 1.63. The fourth-order valence-corrected chi connectivity index (χ4v) is 2.84. The van der Waals surface area contributed by atoms with E-state index in [0.717, 1.165) is 5.56 Å². The fraction of sp³-hybridized carbons (Fsp3) is 0.273. The second-order valence-corrected chi connectivity index (χ2v) is 6.16. The average molecular weight is 396 g/mol. The molecule has 29 heavy (non-hydrogen) atoms. The number of hydrogen-bond donors (Lipinski definition) is 1. The Morgan fingerprint density at radius 2 is 1.93 bits per heavy atom. The molecule has 0 bridgehead atoms. The van der Waals surface area contributed by atoms with Gasteiger partial charge in [0.15, 0.2) is 11.7 Å². The molecule has 0 fully saturated rings. The number of carbonyl (C=O) groups is 1. The van der Waals surface area contributed by atoms with Gasteiger partial charge < -0.3 is 23.9 Å². The number of aromatic nitrogens is 1. The Bertz CT molecular complexity index is 967. The van der Waals surface area contributed by atoms with Crippen LogP contribution in [0.15, 0.2) is 53.1 Å². The smallest absolute Gasteiger partial charge is 0.224 e. The number of ether oxygens (including phenoxy) is 3. The number of aryl methyl sites for hydroxylation is 1. The lowest BCUT2D eigenvalue weighted by Gasteiger charge is -2.10. The number of methoxy groups -OCH3 is 2. The van der Waals surface area contributed by atoms with Crippen LogP contribution in [0.25, 0.3) is 11.3 Å². The highest BCUT2D eigenvalue weighted by molar-refractivity contribution is 5.92. The maximum atomic E-state index is 12.3. The third-order valence-corrected chi connectivity index (χ3v) is 4.25. The van der Waals surface area contributed by atoms with Crippen molar-refractivity contribution in [3.05, 3.63) is 54.6 Å². The number of anilines is 1. The van der Waals surface area contributed by atoms with Crippen LogP contribution < -0.4 is 19.5 Å². The molecule has 1 heterocycles. The van der Waals surface area contributed by atoms with E-state index in [0.29, 0.717) is 47.6 Å². The van der Waals surface area contributed by atoms with Gasteiger partial charge in [0.05, 0.1) is 38.3 Å². The first-order valence-electron chi connectivity index (χ1n) is 9.33.